The minimum absolute atomic E-state index is 0.129. The summed E-state index contributed by atoms with van der Waals surface area (Å²) in [5, 5.41) is 4.03. The molecule has 1 N–H and O–H groups in total. The summed E-state index contributed by atoms with van der Waals surface area (Å²) in [6.45, 7) is 0.280. The van der Waals surface area contributed by atoms with Crippen molar-refractivity contribution in [2.75, 3.05) is 12.4 Å². The van der Waals surface area contributed by atoms with Crippen molar-refractivity contribution >= 4 is 52.6 Å². The van der Waals surface area contributed by atoms with Crippen LogP contribution in [0.1, 0.15) is 11.1 Å². The van der Waals surface area contributed by atoms with Gasteiger partial charge in [-0.25, -0.2) is 0 Å². The summed E-state index contributed by atoms with van der Waals surface area (Å²) >= 11 is 13.6. The van der Waals surface area contributed by atoms with Crippen molar-refractivity contribution in [1.29, 1.82) is 0 Å². The second kappa shape index (κ2) is 9.04. The first kappa shape index (κ1) is 20.7. The molecule has 0 aromatic heterocycles. The molecule has 1 amide bonds. The molecule has 0 saturated carbocycles. The van der Waals surface area contributed by atoms with Crippen molar-refractivity contribution in [3.8, 4) is 11.5 Å². The van der Waals surface area contributed by atoms with E-state index < -0.39 is 0 Å². The molecular weight excluding hydrogens is 441 g/mol. The van der Waals surface area contributed by atoms with Gasteiger partial charge < -0.3 is 14.8 Å². The fraction of sp³-hybridized carbons (Fsp3) is 0.0870. The van der Waals surface area contributed by atoms with E-state index >= 15 is 0 Å². The third kappa shape index (κ3) is 4.59. The van der Waals surface area contributed by atoms with Crippen LogP contribution in [0.15, 0.2) is 70.5 Å². The summed E-state index contributed by atoms with van der Waals surface area (Å²) in [7, 11) is 1.58. The van der Waals surface area contributed by atoms with Crippen LogP contribution in [-0.4, -0.2) is 13.0 Å². The fourth-order valence-corrected chi connectivity index (χ4v) is 4.36. The largest absolute Gasteiger partial charge is 0.493 e. The Kier molecular flexibility index (Phi) is 6.23. The molecular formula is C23H17Cl2NO3S. The number of rotatable bonds is 5. The van der Waals surface area contributed by atoms with Crippen molar-refractivity contribution in [1.82, 2.24) is 0 Å². The molecule has 1 aliphatic rings. The molecule has 0 bridgehead atoms. The van der Waals surface area contributed by atoms with Crippen LogP contribution >= 0.6 is 35.0 Å². The van der Waals surface area contributed by atoms with Gasteiger partial charge >= 0.3 is 0 Å². The maximum absolute atomic E-state index is 12.4. The quantitative estimate of drug-likeness (QED) is 0.434. The molecule has 3 aromatic carbocycles. The lowest BCUT2D eigenvalue weighted by Gasteiger charge is -2.18. The highest BCUT2D eigenvalue weighted by molar-refractivity contribution is 8.04. The molecule has 30 heavy (non-hydrogen) atoms. The molecule has 4 rings (SSSR count). The van der Waals surface area contributed by atoms with Gasteiger partial charge in [-0.15, -0.1) is 0 Å². The number of para-hydroxylation sites is 1. The molecule has 1 aliphatic heterocycles. The Morgan fingerprint density at radius 2 is 1.87 bits per heavy atom. The average Bonchev–Trinajstić information content (AvgIpc) is 2.74. The van der Waals surface area contributed by atoms with E-state index in [1.165, 1.54) is 11.8 Å². The zero-order valence-corrected chi connectivity index (χ0v) is 18.3. The molecule has 0 spiro atoms. The molecule has 152 valence electrons. The van der Waals surface area contributed by atoms with Crippen LogP contribution in [0.5, 0.6) is 11.5 Å². The SMILES string of the molecule is COc1cc(/C=C2\Sc3ccccc3NC2=O)ccc1OCc1ccc(Cl)cc1Cl. The van der Waals surface area contributed by atoms with Crippen LogP contribution in [0.3, 0.4) is 0 Å². The van der Waals surface area contributed by atoms with Gasteiger partial charge in [0.05, 0.1) is 17.7 Å². The third-order valence-corrected chi connectivity index (χ3v) is 6.15. The number of nitrogens with one attached hydrogen (secondary N) is 1. The predicted molar refractivity (Wildman–Crippen MR) is 123 cm³/mol. The number of ether oxygens (including phenoxy) is 2. The van der Waals surface area contributed by atoms with Gasteiger partial charge in [-0.2, -0.15) is 0 Å². The van der Waals surface area contributed by atoms with Crippen molar-refractivity contribution in [2.24, 2.45) is 0 Å². The van der Waals surface area contributed by atoms with Gasteiger partial charge in [0.25, 0.3) is 5.91 Å². The Labute approximate surface area is 188 Å². The van der Waals surface area contributed by atoms with E-state index in [1.54, 1.807) is 19.2 Å². The van der Waals surface area contributed by atoms with Crippen molar-refractivity contribution in [3.63, 3.8) is 0 Å². The van der Waals surface area contributed by atoms with Gasteiger partial charge in [0.1, 0.15) is 6.61 Å². The second-order valence-corrected chi connectivity index (χ2v) is 8.42. The predicted octanol–water partition coefficient (Wildman–Crippen LogP) is 6.67. The number of hydrogen-bond donors (Lipinski definition) is 1. The summed E-state index contributed by atoms with van der Waals surface area (Å²) < 4.78 is 11.4. The monoisotopic (exact) mass is 457 g/mol. The number of methoxy groups -OCH3 is 1. The van der Waals surface area contributed by atoms with Crippen LogP contribution in [-0.2, 0) is 11.4 Å². The molecule has 0 atom stereocenters. The molecule has 1 heterocycles. The number of amides is 1. The molecule has 0 radical (unpaired) electrons. The van der Waals surface area contributed by atoms with Crippen LogP contribution in [0.4, 0.5) is 5.69 Å². The Balaban J connectivity index is 1.53. The van der Waals surface area contributed by atoms with Crippen LogP contribution in [0.25, 0.3) is 6.08 Å². The van der Waals surface area contributed by atoms with Gasteiger partial charge in [0.15, 0.2) is 11.5 Å². The standard InChI is InChI=1S/C23H17Cl2NO3S/c1-28-20-10-14(11-22-23(27)26-18-4-2-3-5-21(18)30-22)6-9-19(20)29-13-15-7-8-16(24)12-17(15)25/h2-12H,13H2,1H3,(H,26,27)/b22-11-. The summed E-state index contributed by atoms with van der Waals surface area (Å²) in [5.41, 5.74) is 2.48. The van der Waals surface area contributed by atoms with Crippen molar-refractivity contribution in [3.05, 3.63) is 86.7 Å². The lowest BCUT2D eigenvalue weighted by molar-refractivity contribution is -0.112. The molecule has 7 heteroatoms. The van der Waals surface area contributed by atoms with Crippen molar-refractivity contribution in [2.45, 2.75) is 11.5 Å². The fourth-order valence-electron chi connectivity index (χ4n) is 2.94. The summed E-state index contributed by atoms with van der Waals surface area (Å²) in [4.78, 5) is 14.0. The lowest BCUT2D eigenvalue weighted by atomic mass is 10.1. The van der Waals surface area contributed by atoms with E-state index in [9.17, 15) is 4.79 Å². The van der Waals surface area contributed by atoms with Crippen LogP contribution < -0.4 is 14.8 Å². The highest BCUT2D eigenvalue weighted by Gasteiger charge is 2.20. The first-order chi connectivity index (χ1) is 14.5. The number of carbonyl (C=O) groups is 1. The van der Waals surface area contributed by atoms with E-state index in [4.69, 9.17) is 32.7 Å². The maximum atomic E-state index is 12.4. The Bertz CT molecular complexity index is 1150. The molecule has 0 fully saturated rings. The Hall–Kier alpha value is -2.60. The first-order valence-corrected chi connectivity index (χ1v) is 10.7. The molecule has 0 aliphatic carbocycles. The zero-order valence-electron chi connectivity index (χ0n) is 15.9. The summed E-state index contributed by atoms with van der Waals surface area (Å²) in [5.74, 6) is 1.02. The van der Waals surface area contributed by atoms with Crippen LogP contribution in [0, 0.1) is 0 Å². The number of carbonyl (C=O) groups excluding carboxylic acids is 1. The normalized spacial score (nSPS) is 14.2. The van der Waals surface area contributed by atoms with E-state index in [-0.39, 0.29) is 12.5 Å². The van der Waals surface area contributed by atoms with Gasteiger partial charge in [-0.05, 0) is 48.0 Å². The van der Waals surface area contributed by atoms with Crippen LogP contribution in [0.2, 0.25) is 10.0 Å². The topological polar surface area (TPSA) is 47.6 Å². The summed E-state index contributed by atoms with van der Waals surface area (Å²) in [6.07, 6.45) is 1.83. The maximum Gasteiger partial charge on any atom is 0.262 e. The zero-order chi connectivity index (χ0) is 21.1. The molecule has 4 nitrogen and oxygen atoms in total. The Morgan fingerprint density at radius 1 is 1.03 bits per heavy atom. The van der Waals surface area contributed by atoms with Gasteiger partial charge in [-0.1, -0.05) is 59.2 Å². The smallest absolute Gasteiger partial charge is 0.262 e. The molecule has 0 saturated heterocycles. The van der Waals surface area contributed by atoms with E-state index in [1.807, 2.05) is 54.6 Å². The third-order valence-electron chi connectivity index (χ3n) is 4.46. The van der Waals surface area contributed by atoms with E-state index in [0.29, 0.717) is 26.4 Å². The number of hydrogen-bond acceptors (Lipinski definition) is 4. The number of halogens is 2. The van der Waals surface area contributed by atoms with E-state index in [2.05, 4.69) is 5.32 Å². The van der Waals surface area contributed by atoms with Crippen molar-refractivity contribution < 1.29 is 14.3 Å². The second-order valence-electron chi connectivity index (χ2n) is 6.50. The number of thioether (sulfide) groups is 1. The minimum atomic E-state index is -0.129. The van der Waals surface area contributed by atoms with Gasteiger partial charge in [0, 0.05) is 20.5 Å². The lowest BCUT2D eigenvalue weighted by Crippen LogP contribution is -2.17. The highest BCUT2D eigenvalue weighted by atomic mass is 35.5. The number of fused-ring (bicyclic) bond motifs is 1. The average molecular weight is 458 g/mol. The first-order valence-electron chi connectivity index (χ1n) is 9.08. The number of benzene rings is 3. The molecule has 3 aromatic rings. The van der Waals surface area contributed by atoms with Gasteiger partial charge in [-0.3, -0.25) is 4.79 Å². The minimum Gasteiger partial charge on any atom is -0.493 e. The number of anilines is 1. The highest BCUT2D eigenvalue weighted by Crippen LogP contribution is 2.39. The molecule has 0 unspecified atom stereocenters. The summed E-state index contributed by atoms with van der Waals surface area (Å²) in [6, 6.07) is 18.5. The Morgan fingerprint density at radius 3 is 2.67 bits per heavy atom. The van der Waals surface area contributed by atoms with E-state index in [0.717, 1.165) is 21.7 Å². The van der Waals surface area contributed by atoms with Gasteiger partial charge in [0.2, 0.25) is 0 Å².